The van der Waals surface area contributed by atoms with Crippen molar-refractivity contribution in [2.45, 2.75) is 31.8 Å². The summed E-state index contributed by atoms with van der Waals surface area (Å²) in [5.74, 6) is 1.57. The minimum absolute atomic E-state index is 0.664. The summed E-state index contributed by atoms with van der Waals surface area (Å²) in [7, 11) is 0. The van der Waals surface area contributed by atoms with Gasteiger partial charge < -0.3 is 4.74 Å². The van der Waals surface area contributed by atoms with Gasteiger partial charge >= 0.3 is 0 Å². The first-order valence-corrected chi connectivity index (χ1v) is 9.95. The molecule has 2 saturated heterocycles. The lowest BCUT2D eigenvalue weighted by atomic mass is 9.72. The molecular weight excluding hydrogens is 343 g/mol. The van der Waals surface area contributed by atoms with E-state index in [4.69, 9.17) is 27.9 Å². The van der Waals surface area contributed by atoms with Crippen LogP contribution < -0.4 is 0 Å². The molecule has 1 aromatic carbocycles. The van der Waals surface area contributed by atoms with Crippen LogP contribution >= 0.6 is 23.2 Å². The van der Waals surface area contributed by atoms with Gasteiger partial charge in [-0.1, -0.05) is 41.8 Å². The Labute approximate surface area is 154 Å². The summed E-state index contributed by atoms with van der Waals surface area (Å²) >= 11 is 12.6. The largest absolute Gasteiger partial charge is 0.379 e. The van der Waals surface area contributed by atoms with Crippen molar-refractivity contribution in [3.8, 4) is 0 Å². The van der Waals surface area contributed by atoms with Gasteiger partial charge in [-0.25, -0.2) is 0 Å². The fourth-order valence-electron chi connectivity index (χ4n) is 5.02. The third kappa shape index (κ3) is 3.47. The van der Waals surface area contributed by atoms with Crippen molar-refractivity contribution in [1.29, 1.82) is 0 Å². The highest BCUT2D eigenvalue weighted by molar-refractivity contribution is 6.42. The van der Waals surface area contributed by atoms with E-state index >= 15 is 0 Å². The van der Waals surface area contributed by atoms with Gasteiger partial charge in [0.05, 0.1) is 23.3 Å². The molecule has 0 aromatic heterocycles. The van der Waals surface area contributed by atoms with Crippen LogP contribution in [0.25, 0.3) is 0 Å². The van der Waals surface area contributed by atoms with Crippen molar-refractivity contribution >= 4 is 23.2 Å². The molecule has 2 atom stereocenters. The van der Waals surface area contributed by atoms with E-state index in [9.17, 15) is 0 Å². The Morgan fingerprint density at radius 2 is 1.75 bits per heavy atom. The highest BCUT2D eigenvalue weighted by Crippen LogP contribution is 2.39. The van der Waals surface area contributed by atoms with Crippen molar-refractivity contribution in [1.82, 2.24) is 9.80 Å². The van der Waals surface area contributed by atoms with E-state index in [-0.39, 0.29) is 0 Å². The van der Waals surface area contributed by atoms with Gasteiger partial charge in [-0.2, -0.15) is 0 Å². The number of piperidine rings is 1. The van der Waals surface area contributed by atoms with Crippen LogP contribution in [0.15, 0.2) is 18.2 Å². The summed E-state index contributed by atoms with van der Waals surface area (Å²) in [4.78, 5) is 5.31. The molecule has 3 fully saturated rings. The van der Waals surface area contributed by atoms with Crippen LogP contribution in [0.4, 0.5) is 0 Å². The van der Waals surface area contributed by atoms with Gasteiger partial charge in [0, 0.05) is 38.8 Å². The molecule has 1 saturated carbocycles. The number of halogens is 2. The molecule has 1 aromatic rings. The Hall–Kier alpha value is -0.320. The van der Waals surface area contributed by atoms with Crippen LogP contribution in [0.5, 0.6) is 0 Å². The number of morpholine rings is 1. The van der Waals surface area contributed by atoms with Crippen molar-refractivity contribution in [2.24, 2.45) is 11.8 Å². The van der Waals surface area contributed by atoms with Crippen molar-refractivity contribution < 1.29 is 4.74 Å². The zero-order chi connectivity index (χ0) is 16.5. The highest BCUT2D eigenvalue weighted by atomic mass is 35.5. The van der Waals surface area contributed by atoms with Crippen LogP contribution in [0.2, 0.25) is 10.0 Å². The molecule has 1 aliphatic carbocycles. The molecule has 2 aliphatic heterocycles. The molecule has 0 unspecified atom stereocenters. The fourth-order valence-corrected chi connectivity index (χ4v) is 5.40. The molecule has 4 rings (SSSR count). The smallest absolute Gasteiger partial charge is 0.0637 e. The molecule has 0 spiro atoms. The number of nitrogens with zero attached hydrogens (tertiary/aromatic N) is 2. The molecule has 5 heteroatoms. The lowest BCUT2D eigenvalue weighted by Gasteiger charge is -2.52. The van der Waals surface area contributed by atoms with E-state index < -0.39 is 0 Å². The normalized spacial score (nSPS) is 32.0. The summed E-state index contributed by atoms with van der Waals surface area (Å²) in [5, 5.41) is 1.39. The number of hydrogen-bond donors (Lipinski definition) is 0. The third-order valence-electron chi connectivity index (χ3n) is 5.99. The fraction of sp³-hybridized carbons (Fsp3) is 0.684. The molecule has 3 aliphatic rings. The molecule has 24 heavy (non-hydrogen) atoms. The SMILES string of the molecule is Clc1cccc(CN2C[C@@H]3CCC[C@@H](C2)C3N2CCOCC2)c1Cl. The van der Waals surface area contributed by atoms with Gasteiger partial charge in [-0.15, -0.1) is 0 Å². The lowest BCUT2D eigenvalue weighted by Crippen LogP contribution is -2.59. The van der Waals surface area contributed by atoms with Gasteiger partial charge in [0.1, 0.15) is 0 Å². The minimum atomic E-state index is 0.664. The predicted octanol–water partition coefficient (Wildman–Crippen LogP) is 3.93. The Morgan fingerprint density at radius 3 is 2.46 bits per heavy atom. The molecule has 0 radical (unpaired) electrons. The zero-order valence-corrected chi connectivity index (χ0v) is 15.6. The molecule has 3 nitrogen and oxygen atoms in total. The monoisotopic (exact) mass is 368 g/mol. The first-order valence-electron chi connectivity index (χ1n) is 9.19. The highest BCUT2D eigenvalue weighted by Gasteiger charge is 2.42. The maximum absolute atomic E-state index is 6.40. The van der Waals surface area contributed by atoms with E-state index in [1.165, 1.54) is 32.4 Å². The number of rotatable bonds is 3. The van der Waals surface area contributed by atoms with E-state index in [0.717, 1.165) is 61.3 Å². The van der Waals surface area contributed by atoms with Crippen LogP contribution in [0, 0.1) is 11.8 Å². The van der Waals surface area contributed by atoms with Gasteiger partial charge in [0.25, 0.3) is 0 Å². The second kappa shape index (κ2) is 7.51. The van der Waals surface area contributed by atoms with Crippen LogP contribution in [-0.4, -0.2) is 55.2 Å². The van der Waals surface area contributed by atoms with Crippen molar-refractivity contribution in [3.05, 3.63) is 33.8 Å². The Balaban J connectivity index is 1.46. The Bertz CT molecular complexity index is 562. The number of likely N-dealkylation sites (tertiary alicyclic amines) is 1. The van der Waals surface area contributed by atoms with Gasteiger partial charge in [-0.05, 0) is 36.3 Å². The topological polar surface area (TPSA) is 15.7 Å². The first kappa shape index (κ1) is 17.1. The minimum Gasteiger partial charge on any atom is -0.379 e. The second-order valence-electron chi connectivity index (χ2n) is 7.50. The standard InChI is InChI=1S/C19H26Cl2N2O/c20-17-6-2-3-14(18(17)21)11-22-12-15-4-1-5-16(13-22)19(15)23-7-9-24-10-8-23/h2-3,6,15-16,19H,1,4-5,7-13H2/t15-,16-/m0/s1. The van der Waals surface area contributed by atoms with Crippen LogP contribution in [0.3, 0.4) is 0 Å². The maximum Gasteiger partial charge on any atom is 0.0637 e. The number of ether oxygens (including phenoxy) is 1. The summed E-state index contributed by atoms with van der Waals surface area (Å²) in [6.45, 7) is 7.30. The van der Waals surface area contributed by atoms with Crippen molar-refractivity contribution in [2.75, 3.05) is 39.4 Å². The van der Waals surface area contributed by atoms with E-state index in [2.05, 4.69) is 15.9 Å². The lowest BCUT2D eigenvalue weighted by molar-refractivity contribution is -0.0623. The number of benzene rings is 1. The number of fused-ring (bicyclic) bond motifs is 2. The first-order chi connectivity index (χ1) is 11.7. The third-order valence-corrected chi connectivity index (χ3v) is 6.85. The van der Waals surface area contributed by atoms with Gasteiger partial charge in [0.2, 0.25) is 0 Å². The second-order valence-corrected chi connectivity index (χ2v) is 8.28. The van der Waals surface area contributed by atoms with E-state index in [1.807, 2.05) is 12.1 Å². The van der Waals surface area contributed by atoms with Crippen LogP contribution in [0.1, 0.15) is 24.8 Å². The molecular formula is C19H26Cl2N2O. The molecule has 2 bridgehead atoms. The van der Waals surface area contributed by atoms with Crippen molar-refractivity contribution in [3.63, 3.8) is 0 Å². The molecule has 132 valence electrons. The van der Waals surface area contributed by atoms with Gasteiger partial charge in [0.15, 0.2) is 0 Å². The van der Waals surface area contributed by atoms with Gasteiger partial charge in [-0.3, -0.25) is 9.80 Å². The Morgan fingerprint density at radius 1 is 1.04 bits per heavy atom. The molecule has 2 heterocycles. The predicted molar refractivity (Wildman–Crippen MR) is 98.8 cm³/mol. The zero-order valence-electron chi connectivity index (χ0n) is 14.1. The van der Waals surface area contributed by atoms with Crippen LogP contribution in [-0.2, 0) is 11.3 Å². The summed E-state index contributed by atoms with van der Waals surface area (Å²) in [6.07, 6.45) is 4.11. The number of hydrogen-bond acceptors (Lipinski definition) is 3. The Kier molecular flexibility index (Phi) is 5.35. The molecule has 0 amide bonds. The van der Waals surface area contributed by atoms with E-state index in [1.54, 1.807) is 0 Å². The summed E-state index contributed by atoms with van der Waals surface area (Å²) in [6, 6.07) is 6.74. The summed E-state index contributed by atoms with van der Waals surface area (Å²) in [5.41, 5.74) is 1.16. The summed E-state index contributed by atoms with van der Waals surface area (Å²) < 4.78 is 5.56. The van der Waals surface area contributed by atoms with E-state index in [0.29, 0.717) is 5.02 Å². The average molecular weight is 369 g/mol. The quantitative estimate of drug-likeness (QED) is 0.803. The molecule has 0 N–H and O–H groups in total. The average Bonchev–Trinajstić information content (AvgIpc) is 2.59. The maximum atomic E-state index is 6.40.